The highest BCUT2D eigenvalue weighted by molar-refractivity contribution is 5.92. The van der Waals surface area contributed by atoms with Gasteiger partial charge >= 0.3 is 0 Å². The lowest BCUT2D eigenvalue weighted by atomic mass is 10.0. The number of carbonyl (C=O) groups excluding carboxylic acids is 1. The number of ether oxygens (including phenoxy) is 1. The van der Waals surface area contributed by atoms with Gasteiger partial charge in [0.15, 0.2) is 5.89 Å². The van der Waals surface area contributed by atoms with Crippen molar-refractivity contribution in [3.05, 3.63) is 35.6 Å². The molecule has 8 heteroatoms. The number of hydrogen-bond acceptors (Lipinski definition) is 6. The largest absolute Gasteiger partial charge is 0.435 e. The van der Waals surface area contributed by atoms with Crippen molar-refractivity contribution in [1.82, 2.24) is 24.8 Å². The molecule has 3 heterocycles. The average molecular weight is 359 g/mol. The van der Waals surface area contributed by atoms with E-state index in [4.69, 9.17) is 9.15 Å². The van der Waals surface area contributed by atoms with Gasteiger partial charge in [0, 0.05) is 32.3 Å². The lowest BCUT2D eigenvalue weighted by Crippen LogP contribution is -2.48. The van der Waals surface area contributed by atoms with Crippen LogP contribution in [0, 0.1) is 6.92 Å². The number of aryl methyl sites for hydroxylation is 2. The highest BCUT2D eigenvalue weighted by atomic mass is 16.5. The van der Waals surface area contributed by atoms with Gasteiger partial charge in [0.05, 0.1) is 36.5 Å². The lowest BCUT2D eigenvalue weighted by Gasteiger charge is -2.39. The van der Waals surface area contributed by atoms with Crippen molar-refractivity contribution in [1.29, 1.82) is 0 Å². The summed E-state index contributed by atoms with van der Waals surface area (Å²) in [5.74, 6) is 1.16. The first-order valence-electron chi connectivity index (χ1n) is 9.08. The first kappa shape index (κ1) is 17.2. The third-order valence-electron chi connectivity index (χ3n) is 5.17. The molecule has 1 saturated heterocycles. The van der Waals surface area contributed by atoms with Crippen LogP contribution in [0.15, 0.2) is 16.9 Å². The zero-order chi connectivity index (χ0) is 18.3. The van der Waals surface area contributed by atoms with Gasteiger partial charge < -0.3 is 19.0 Å². The van der Waals surface area contributed by atoms with Gasteiger partial charge in [-0.1, -0.05) is 0 Å². The molecule has 26 heavy (non-hydrogen) atoms. The number of aromatic nitrogens is 3. The molecule has 1 aliphatic carbocycles. The molecule has 4 rings (SSSR count). The maximum Gasteiger partial charge on any atom is 0.289 e. The highest BCUT2D eigenvalue weighted by Crippen LogP contribution is 2.40. The van der Waals surface area contributed by atoms with Crippen molar-refractivity contribution < 1.29 is 13.9 Å². The third-order valence-corrected chi connectivity index (χ3v) is 5.17. The van der Waals surface area contributed by atoms with Crippen LogP contribution < -0.4 is 5.32 Å². The minimum Gasteiger partial charge on any atom is -0.435 e. The molecule has 2 aromatic heterocycles. The first-order chi connectivity index (χ1) is 12.5. The van der Waals surface area contributed by atoms with Crippen molar-refractivity contribution >= 4 is 5.91 Å². The van der Waals surface area contributed by atoms with E-state index in [1.165, 1.54) is 0 Å². The Morgan fingerprint density at radius 3 is 2.88 bits per heavy atom. The zero-order valence-electron chi connectivity index (χ0n) is 15.4. The van der Waals surface area contributed by atoms with Crippen LogP contribution in [0.3, 0.4) is 0 Å². The molecule has 2 aliphatic rings. The molecule has 1 aliphatic heterocycles. The van der Waals surface area contributed by atoms with Gasteiger partial charge in [-0.3, -0.25) is 9.69 Å². The Morgan fingerprint density at radius 1 is 1.38 bits per heavy atom. The maximum absolute atomic E-state index is 12.6. The molecule has 0 bridgehead atoms. The molecule has 140 valence electrons. The van der Waals surface area contributed by atoms with E-state index in [0.29, 0.717) is 36.4 Å². The molecule has 0 radical (unpaired) electrons. The summed E-state index contributed by atoms with van der Waals surface area (Å²) in [5, 5.41) is 2.96. The SMILES string of the molecule is Cc1nc(C2CC2)oc1C(=O)NC[C@@H]1OCCN(C)[C@H]1c1cncn1C. The standard InChI is InChI=1S/C18H25N5O3/c1-11-16(26-18(21-11)12-4-5-12)17(24)20-9-14-15(22(2)6-7-25-14)13-8-19-10-23(13)3/h8,10,12,14-15H,4-7,9H2,1-3H3,(H,20,24)/t14-,15-/m0/s1. The van der Waals surface area contributed by atoms with Crippen molar-refractivity contribution in [2.24, 2.45) is 7.05 Å². The van der Waals surface area contributed by atoms with Crippen molar-refractivity contribution in [3.8, 4) is 0 Å². The van der Waals surface area contributed by atoms with Crippen molar-refractivity contribution in [3.63, 3.8) is 0 Å². The summed E-state index contributed by atoms with van der Waals surface area (Å²) in [5.41, 5.74) is 1.72. The number of oxazole rings is 1. The molecular formula is C18H25N5O3. The van der Waals surface area contributed by atoms with Crippen LogP contribution in [0.5, 0.6) is 0 Å². The van der Waals surface area contributed by atoms with Gasteiger partial charge in [0.2, 0.25) is 5.76 Å². The Labute approximate surface area is 152 Å². The van der Waals surface area contributed by atoms with E-state index in [0.717, 1.165) is 25.1 Å². The van der Waals surface area contributed by atoms with E-state index >= 15 is 0 Å². The molecule has 0 aromatic carbocycles. The molecule has 0 unspecified atom stereocenters. The number of rotatable bonds is 5. The molecule has 1 N–H and O–H groups in total. The normalized spacial score (nSPS) is 24.0. The number of morpholine rings is 1. The molecule has 1 saturated carbocycles. The topological polar surface area (TPSA) is 85.4 Å². The Kier molecular flexibility index (Phi) is 4.54. The van der Waals surface area contributed by atoms with Crippen LogP contribution in [0.2, 0.25) is 0 Å². The van der Waals surface area contributed by atoms with Gasteiger partial charge in [0.1, 0.15) is 0 Å². The second-order valence-corrected chi connectivity index (χ2v) is 7.22. The third kappa shape index (κ3) is 3.26. The van der Waals surface area contributed by atoms with Gasteiger partial charge in [-0.25, -0.2) is 9.97 Å². The summed E-state index contributed by atoms with van der Waals surface area (Å²) >= 11 is 0. The number of likely N-dealkylation sites (N-methyl/N-ethyl adjacent to an activating group) is 1. The number of nitrogens with zero attached hydrogens (tertiary/aromatic N) is 4. The number of imidazole rings is 1. The summed E-state index contributed by atoms with van der Waals surface area (Å²) in [6.45, 7) is 3.69. The summed E-state index contributed by atoms with van der Waals surface area (Å²) in [6, 6.07) is 0.0365. The quantitative estimate of drug-likeness (QED) is 0.868. The van der Waals surface area contributed by atoms with Crippen LogP contribution in [0.1, 0.15) is 52.6 Å². The Bertz CT molecular complexity index is 795. The van der Waals surface area contributed by atoms with Crippen LogP contribution in [0.4, 0.5) is 0 Å². The fourth-order valence-corrected chi connectivity index (χ4v) is 3.51. The fourth-order valence-electron chi connectivity index (χ4n) is 3.51. The van der Waals surface area contributed by atoms with Crippen LogP contribution in [-0.4, -0.2) is 58.2 Å². The lowest BCUT2D eigenvalue weighted by molar-refractivity contribution is -0.0627. The van der Waals surface area contributed by atoms with Gasteiger partial charge in [-0.2, -0.15) is 0 Å². The summed E-state index contributed by atoms with van der Waals surface area (Å²) in [4.78, 5) is 23.4. The number of amides is 1. The fraction of sp³-hybridized carbons (Fsp3) is 0.611. The van der Waals surface area contributed by atoms with Gasteiger partial charge in [-0.15, -0.1) is 0 Å². The second kappa shape index (κ2) is 6.85. The van der Waals surface area contributed by atoms with E-state index < -0.39 is 0 Å². The Morgan fingerprint density at radius 2 is 2.19 bits per heavy atom. The van der Waals surface area contributed by atoms with Gasteiger partial charge in [-0.05, 0) is 26.8 Å². The van der Waals surface area contributed by atoms with Gasteiger partial charge in [0.25, 0.3) is 5.91 Å². The van der Waals surface area contributed by atoms with Crippen LogP contribution in [-0.2, 0) is 11.8 Å². The van der Waals surface area contributed by atoms with Crippen molar-refractivity contribution in [2.45, 2.75) is 37.8 Å². The number of carbonyl (C=O) groups is 1. The van der Waals surface area contributed by atoms with Crippen LogP contribution >= 0.6 is 0 Å². The van der Waals surface area contributed by atoms with Crippen LogP contribution in [0.25, 0.3) is 0 Å². The predicted molar refractivity (Wildman–Crippen MR) is 93.9 cm³/mol. The second-order valence-electron chi connectivity index (χ2n) is 7.22. The van der Waals surface area contributed by atoms with E-state index in [1.807, 2.05) is 24.7 Å². The first-order valence-corrected chi connectivity index (χ1v) is 9.08. The number of nitrogens with one attached hydrogen (secondary N) is 1. The van der Waals surface area contributed by atoms with E-state index in [1.54, 1.807) is 6.33 Å². The monoisotopic (exact) mass is 359 g/mol. The van der Waals surface area contributed by atoms with E-state index in [-0.39, 0.29) is 18.1 Å². The minimum absolute atomic E-state index is 0.0365. The smallest absolute Gasteiger partial charge is 0.289 e. The molecule has 1 amide bonds. The molecule has 0 spiro atoms. The van der Waals surface area contributed by atoms with Crippen molar-refractivity contribution in [2.75, 3.05) is 26.7 Å². The molecule has 2 aromatic rings. The molecule has 2 fully saturated rings. The summed E-state index contributed by atoms with van der Waals surface area (Å²) in [7, 11) is 4.04. The molecular weight excluding hydrogens is 334 g/mol. The van der Waals surface area contributed by atoms with E-state index in [9.17, 15) is 4.79 Å². The zero-order valence-corrected chi connectivity index (χ0v) is 15.4. The maximum atomic E-state index is 12.6. The predicted octanol–water partition coefficient (Wildman–Crippen LogP) is 1.40. The van der Waals surface area contributed by atoms with E-state index in [2.05, 4.69) is 27.2 Å². The summed E-state index contributed by atoms with van der Waals surface area (Å²) in [6.07, 6.45) is 5.67. The number of hydrogen-bond donors (Lipinski definition) is 1. The summed E-state index contributed by atoms with van der Waals surface area (Å²) < 4.78 is 13.7. The molecule has 2 atom stereocenters. The Balaban J connectivity index is 1.45. The Hall–Kier alpha value is -2.19. The molecule has 8 nitrogen and oxygen atoms in total. The average Bonchev–Trinajstić information content (AvgIpc) is 3.27. The minimum atomic E-state index is -0.234. The highest BCUT2D eigenvalue weighted by Gasteiger charge is 2.34.